The van der Waals surface area contributed by atoms with Gasteiger partial charge in [-0.1, -0.05) is 0 Å². The molecule has 2 N–H and O–H groups in total. The van der Waals surface area contributed by atoms with Crippen molar-refractivity contribution in [3.05, 3.63) is 0 Å². The average molecular weight is 179 g/mol. The Labute approximate surface area is 64.5 Å². The van der Waals surface area contributed by atoms with Gasteiger partial charge in [-0.15, -0.1) is 0 Å². The summed E-state index contributed by atoms with van der Waals surface area (Å²) in [5.74, 6) is -0.926. The zero-order valence-electron chi connectivity index (χ0n) is 5.78. The summed E-state index contributed by atoms with van der Waals surface area (Å²) in [5, 5.41) is 8.31. The molecule has 11 heavy (non-hydrogen) atoms. The fourth-order valence-electron chi connectivity index (χ4n) is 1.02. The fraction of sp³-hybridized carbons (Fsp3) is 0.800. The second kappa shape index (κ2) is 2.78. The van der Waals surface area contributed by atoms with E-state index >= 15 is 0 Å². The average Bonchev–Trinajstić information content (AvgIpc) is 2.08. The first-order valence-electron chi connectivity index (χ1n) is 3.21. The van der Waals surface area contributed by atoms with Crippen LogP contribution in [0.5, 0.6) is 0 Å². The van der Waals surface area contributed by atoms with Gasteiger partial charge in [-0.2, -0.15) is 0 Å². The number of aliphatic carboxylic acids is 1. The molecule has 1 aliphatic heterocycles. The van der Waals surface area contributed by atoms with Crippen molar-refractivity contribution in [2.75, 3.05) is 5.75 Å². The predicted molar refractivity (Wildman–Crippen MR) is 37.6 cm³/mol. The van der Waals surface area contributed by atoms with Crippen LogP contribution in [-0.4, -0.2) is 31.3 Å². The lowest BCUT2D eigenvalue weighted by atomic mass is 10.2. The standard InChI is InChI=1S/C5H9NO4S/c7-5(8)3-4-1-2-11(9,10)6-4/h4,6H,1-3H2,(H,7,8). The molecule has 0 aromatic carbocycles. The molecule has 1 unspecified atom stereocenters. The Morgan fingerprint density at radius 3 is 2.64 bits per heavy atom. The van der Waals surface area contributed by atoms with Crippen molar-refractivity contribution in [3.63, 3.8) is 0 Å². The number of nitrogens with one attached hydrogen (secondary N) is 1. The van der Waals surface area contributed by atoms with Crippen molar-refractivity contribution >= 4 is 16.0 Å². The SMILES string of the molecule is O=C(O)CC1CCS(=O)(=O)N1. The lowest BCUT2D eigenvalue weighted by molar-refractivity contribution is -0.137. The van der Waals surface area contributed by atoms with Gasteiger partial charge in [0.2, 0.25) is 10.0 Å². The van der Waals surface area contributed by atoms with E-state index in [-0.39, 0.29) is 12.2 Å². The molecule has 0 amide bonds. The molecule has 0 aromatic rings. The minimum atomic E-state index is -3.15. The Bertz CT molecular complexity index is 258. The summed E-state index contributed by atoms with van der Waals surface area (Å²) in [5.41, 5.74) is 0. The molecule has 6 heteroatoms. The van der Waals surface area contributed by atoms with Crippen molar-refractivity contribution in [2.45, 2.75) is 18.9 Å². The van der Waals surface area contributed by atoms with Crippen LogP contribution in [0, 0.1) is 0 Å². The third-order valence-corrected chi connectivity index (χ3v) is 2.97. The van der Waals surface area contributed by atoms with Crippen molar-refractivity contribution in [1.29, 1.82) is 0 Å². The van der Waals surface area contributed by atoms with Gasteiger partial charge in [0.05, 0.1) is 12.2 Å². The molecule has 1 rings (SSSR count). The van der Waals surface area contributed by atoms with E-state index in [9.17, 15) is 13.2 Å². The molecule has 0 radical (unpaired) electrons. The first-order chi connectivity index (χ1) is 4.99. The lowest BCUT2D eigenvalue weighted by Crippen LogP contribution is -2.27. The molecule has 1 atom stereocenters. The Morgan fingerprint density at radius 1 is 1.64 bits per heavy atom. The minimum absolute atomic E-state index is 0.0466. The van der Waals surface area contributed by atoms with Gasteiger partial charge in [-0.3, -0.25) is 4.79 Å². The molecule has 1 heterocycles. The van der Waals surface area contributed by atoms with Gasteiger partial charge in [-0.05, 0) is 6.42 Å². The van der Waals surface area contributed by atoms with Crippen LogP contribution >= 0.6 is 0 Å². The number of hydrogen-bond donors (Lipinski definition) is 2. The Kier molecular flexibility index (Phi) is 2.15. The van der Waals surface area contributed by atoms with Crippen LogP contribution in [0.3, 0.4) is 0 Å². The smallest absolute Gasteiger partial charge is 0.304 e. The van der Waals surface area contributed by atoms with Gasteiger partial charge in [0, 0.05) is 6.04 Å². The number of carboxylic acid groups (broad SMARTS) is 1. The zero-order valence-corrected chi connectivity index (χ0v) is 6.60. The van der Waals surface area contributed by atoms with Crippen LogP contribution in [0.2, 0.25) is 0 Å². The molecule has 64 valence electrons. The summed E-state index contributed by atoms with van der Waals surface area (Å²) in [6, 6.07) is -0.405. The quantitative estimate of drug-likeness (QED) is 0.578. The van der Waals surface area contributed by atoms with Gasteiger partial charge in [-0.25, -0.2) is 13.1 Å². The highest BCUT2D eigenvalue weighted by Crippen LogP contribution is 2.10. The highest BCUT2D eigenvalue weighted by atomic mass is 32.2. The minimum Gasteiger partial charge on any atom is -0.481 e. The lowest BCUT2D eigenvalue weighted by Gasteiger charge is -2.02. The fourth-order valence-corrected chi connectivity index (χ4v) is 2.45. The monoisotopic (exact) mass is 179 g/mol. The van der Waals surface area contributed by atoms with Crippen LogP contribution in [0.15, 0.2) is 0 Å². The maximum absolute atomic E-state index is 10.7. The molecule has 0 saturated carbocycles. The summed E-state index contributed by atoms with van der Waals surface area (Å²) in [4.78, 5) is 10.1. The van der Waals surface area contributed by atoms with E-state index in [0.29, 0.717) is 6.42 Å². The van der Waals surface area contributed by atoms with Crippen LogP contribution in [0.25, 0.3) is 0 Å². The van der Waals surface area contributed by atoms with E-state index in [2.05, 4.69) is 4.72 Å². The maximum atomic E-state index is 10.7. The number of rotatable bonds is 2. The molecule has 5 nitrogen and oxygen atoms in total. The van der Waals surface area contributed by atoms with Crippen molar-refractivity contribution < 1.29 is 18.3 Å². The third-order valence-electron chi connectivity index (χ3n) is 1.50. The summed E-state index contributed by atoms with van der Waals surface area (Å²) < 4.78 is 23.7. The molecular weight excluding hydrogens is 170 g/mol. The van der Waals surface area contributed by atoms with Crippen LogP contribution < -0.4 is 4.72 Å². The zero-order chi connectivity index (χ0) is 8.48. The molecule has 1 aliphatic rings. The highest BCUT2D eigenvalue weighted by molar-refractivity contribution is 7.89. The summed E-state index contributed by atoms with van der Waals surface area (Å²) >= 11 is 0. The van der Waals surface area contributed by atoms with Crippen LogP contribution in [0.4, 0.5) is 0 Å². The summed E-state index contributed by atoms with van der Waals surface area (Å²) in [6.45, 7) is 0. The van der Waals surface area contributed by atoms with E-state index in [0.717, 1.165) is 0 Å². The summed E-state index contributed by atoms with van der Waals surface area (Å²) in [6.07, 6.45) is 0.272. The first kappa shape index (κ1) is 8.48. The second-order valence-electron chi connectivity index (χ2n) is 2.52. The maximum Gasteiger partial charge on any atom is 0.304 e. The van der Waals surface area contributed by atoms with Gasteiger partial charge in [0.25, 0.3) is 0 Å². The number of hydrogen-bond acceptors (Lipinski definition) is 3. The predicted octanol–water partition coefficient (Wildman–Crippen LogP) is -0.847. The molecule has 1 saturated heterocycles. The van der Waals surface area contributed by atoms with Crippen molar-refractivity contribution in [1.82, 2.24) is 4.72 Å². The van der Waals surface area contributed by atoms with Gasteiger partial charge in [0.15, 0.2) is 0 Å². The molecule has 0 spiro atoms. The molecule has 1 fully saturated rings. The Morgan fingerprint density at radius 2 is 2.27 bits per heavy atom. The van der Waals surface area contributed by atoms with Crippen LogP contribution in [-0.2, 0) is 14.8 Å². The largest absolute Gasteiger partial charge is 0.481 e. The number of carbonyl (C=O) groups is 1. The molecule has 0 aromatic heterocycles. The molecule has 0 bridgehead atoms. The van der Waals surface area contributed by atoms with E-state index in [1.54, 1.807) is 0 Å². The van der Waals surface area contributed by atoms with Crippen molar-refractivity contribution in [3.8, 4) is 0 Å². The highest BCUT2D eigenvalue weighted by Gasteiger charge is 2.27. The van der Waals surface area contributed by atoms with E-state index in [1.165, 1.54) is 0 Å². The topological polar surface area (TPSA) is 83.5 Å². The number of sulfonamides is 1. The van der Waals surface area contributed by atoms with Gasteiger partial charge < -0.3 is 5.11 Å². The molecule has 0 aliphatic carbocycles. The third kappa shape index (κ3) is 2.47. The van der Waals surface area contributed by atoms with Gasteiger partial charge >= 0.3 is 5.97 Å². The second-order valence-corrected chi connectivity index (χ2v) is 4.39. The Balaban J connectivity index is 2.49. The van der Waals surface area contributed by atoms with Gasteiger partial charge in [0.1, 0.15) is 0 Å². The van der Waals surface area contributed by atoms with E-state index in [4.69, 9.17) is 5.11 Å². The molecular formula is C5H9NO4S. The Hall–Kier alpha value is -0.620. The number of carboxylic acids is 1. The van der Waals surface area contributed by atoms with Crippen molar-refractivity contribution in [2.24, 2.45) is 0 Å². The summed E-state index contributed by atoms with van der Waals surface area (Å²) in [7, 11) is -3.15. The normalized spacial score (nSPS) is 28.5. The van der Waals surface area contributed by atoms with Crippen LogP contribution in [0.1, 0.15) is 12.8 Å². The first-order valence-corrected chi connectivity index (χ1v) is 4.86. The van der Waals surface area contributed by atoms with E-state index in [1.807, 2.05) is 0 Å². The van der Waals surface area contributed by atoms with E-state index < -0.39 is 22.0 Å².